The molecule has 2 rings (SSSR count). The molecule has 5 heteroatoms. The molecule has 0 bridgehead atoms. The van der Waals surface area contributed by atoms with Crippen molar-refractivity contribution >= 4 is 25.8 Å². The Labute approximate surface area is 127 Å². The van der Waals surface area contributed by atoms with E-state index >= 15 is 0 Å². The van der Waals surface area contributed by atoms with Crippen molar-refractivity contribution in [2.75, 3.05) is 6.26 Å². The highest BCUT2D eigenvalue weighted by Gasteiger charge is 2.12. The third kappa shape index (κ3) is 3.69. The lowest BCUT2D eigenvalue weighted by Crippen LogP contribution is -2.03. The quantitative estimate of drug-likeness (QED) is 0.917. The molecule has 0 aliphatic carbocycles. The molecule has 1 atom stereocenters. The molecule has 3 nitrogen and oxygen atoms in total. The first-order valence-electron chi connectivity index (χ1n) is 6.09. The van der Waals surface area contributed by atoms with Crippen LogP contribution in [0.1, 0.15) is 17.2 Å². The summed E-state index contributed by atoms with van der Waals surface area (Å²) in [4.78, 5) is 0.259. The number of rotatable bonds is 4. The fourth-order valence-electron chi connectivity index (χ4n) is 1.93. The second-order valence-electron chi connectivity index (χ2n) is 4.65. The molecule has 0 aliphatic heterocycles. The third-order valence-corrected chi connectivity index (χ3v) is 4.97. The van der Waals surface area contributed by atoms with Gasteiger partial charge in [-0.15, -0.1) is 0 Å². The molecule has 0 aromatic heterocycles. The standard InChI is InChI=1S/C15H15BrO3S/c1-20(18,19)13-8-6-11(7-9-13)15(17)10-12-4-2-3-5-14(12)16/h2-9,15,17H,10H2,1H3. The van der Waals surface area contributed by atoms with Crippen LogP contribution < -0.4 is 0 Å². The number of hydrogen-bond acceptors (Lipinski definition) is 3. The summed E-state index contributed by atoms with van der Waals surface area (Å²) >= 11 is 3.44. The van der Waals surface area contributed by atoms with Crippen LogP contribution in [0.2, 0.25) is 0 Å². The van der Waals surface area contributed by atoms with E-state index in [-0.39, 0.29) is 4.90 Å². The number of aliphatic hydroxyl groups excluding tert-OH is 1. The summed E-state index contributed by atoms with van der Waals surface area (Å²) in [6.07, 6.45) is 0.974. The van der Waals surface area contributed by atoms with Gasteiger partial charge in [0, 0.05) is 17.1 Å². The summed E-state index contributed by atoms with van der Waals surface area (Å²) in [5.74, 6) is 0. The van der Waals surface area contributed by atoms with Crippen molar-refractivity contribution in [1.82, 2.24) is 0 Å². The van der Waals surface area contributed by atoms with Crippen molar-refractivity contribution in [2.45, 2.75) is 17.4 Å². The Kier molecular flexibility index (Phi) is 4.62. The van der Waals surface area contributed by atoms with Gasteiger partial charge in [-0.1, -0.05) is 46.3 Å². The summed E-state index contributed by atoms with van der Waals surface area (Å²) in [7, 11) is -3.20. The predicted octanol–water partition coefficient (Wildman–Crippen LogP) is 3.13. The first kappa shape index (κ1) is 15.2. The van der Waals surface area contributed by atoms with Gasteiger partial charge >= 0.3 is 0 Å². The zero-order valence-electron chi connectivity index (χ0n) is 11.0. The van der Waals surface area contributed by atoms with Crippen LogP contribution in [0.5, 0.6) is 0 Å². The molecule has 0 amide bonds. The highest BCUT2D eigenvalue weighted by molar-refractivity contribution is 9.10. The lowest BCUT2D eigenvalue weighted by atomic mass is 10.0. The molecule has 1 N–H and O–H groups in total. The molecule has 2 aromatic carbocycles. The van der Waals surface area contributed by atoms with Crippen LogP contribution in [0.25, 0.3) is 0 Å². The molecule has 20 heavy (non-hydrogen) atoms. The van der Waals surface area contributed by atoms with Crippen LogP contribution in [0.3, 0.4) is 0 Å². The largest absolute Gasteiger partial charge is 0.388 e. The van der Waals surface area contributed by atoms with E-state index in [1.807, 2.05) is 24.3 Å². The molecular formula is C15H15BrO3S. The minimum atomic E-state index is -3.20. The predicted molar refractivity (Wildman–Crippen MR) is 82.4 cm³/mol. The van der Waals surface area contributed by atoms with Crippen molar-refractivity contribution in [1.29, 1.82) is 0 Å². The summed E-state index contributed by atoms with van der Waals surface area (Å²) in [6, 6.07) is 14.0. The van der Waals surface area contributed by atoms with Gasteiger partial charge < -0.3 is 5.11 Å². The molecule has 0 fully saturated rings. The molecule has 0 heterocycles. The third-order valence-electron chi connectivity index (χ3n) is 3.06. The van der Waals surface area contributed by atoms with Gasteiger partial charge in [-0.3, -0.25) is 0 Å². The first-order chi connectivity index (χ1) is 9.38. The maximum atomic E-state index is 11.4. The number of hydrogen-bond donors (Lipinski definition) is 1. The summed E-state index contributed by atoms with van der Waals surface area (Å²) in [5, 5.41) is 10.2. The number of halogens is 1. The second-order valence-corrected chi connectivity index (χ2v) is 7.52. The molecule has 0 saturated heterocycles. The Morgan fingerprint density at radius 3 is 2.25 bits per heavy atom. The molecule has 0 saturated carbocycles. The van der Waals surface area contributed by atoms with Crippen molar-refractivity contribution in [3.05, 3.63) is 64.1 Å². The zero-order chi connectivity index (χ0) is 14.8. The van der Waals surface area contributed by atoms with Gasteiger partial charge in [0.1, 0.15) is 0 Å². The van der Waals surface area contributed by atoms with E-state index in [1.165, 1.54) is 18.4 Å². The highest BCUT2D eigenvalue weighted by Crippen LogP contribution is 2.24. The first-order valence-corrected chi connectivity index (χ1v) is 8.78. The van der Waals surface area contributed by atoms with Crippen LogP contribution in [0.4, 0.5) is 0 Å². The Morgan fingerprint density at radius 2 is 1.70 bits per heavy atom. The van der Waals surface area contributed by atoms with E-state index in [9.17, 15) is 13.5 Å². The summed E-state index contributed by atoms with van der Waals surface area (Å²) < 4.78 is 23.7. The van der Waals surface area contributed by atoms with Crippen LogP contribution in [-0.2, 0) is 16.3 Å². The SMILES string of the molecule is CS(=O)(=O)c1ccc(C(O)Cc2ccccc2Br)cc1. The van der Waals surface area contributed by atoms with Crippen molar-refractivity contribution in [2.24, 2.45) is 0 Å². The van der Waals surface area contributed by atoms with Gasteiger partial charge in [-0.2, -0.15) is 0 Å². The van der Waals surface area contributed by atoms with E-state index in [0.29, 0.717) is 12.0 Å². The average Bonchev–Trinajstić information content (AvgIpc) is 2.40. The number of aliphatic hydroxyl groups is 1. The molecule has 0 aliphatic rings. The molecule has 1 unspecified atom stereocenters. The van der Waals surface area contributed by atoms with Crippen LogP contribution in [0.15, 0.2) is 57.9 Å². The Bertz CT molecular complexity index is 693. The van der Waals surface area contributed by atoms with Gasteiger partial charge in [0.05, 0.1) is 11.0 Å². The maximum absolute atomic E-state index is 11.4. The molecule has 2 aromatic rings. The number of sulfone groups is 1. The molecule has 0 radical (unpaired) electrons. The second kappa shape index (κ2) is 6.08. The van der Waals surface area contributed by atoms with Crippen molar-refractivity contribution in [3.63, 3.8) is 0 Å². The lowest BCUT2D eigenvalue weighted by Gasteiger charge is -2.12. The van der Waals surface area contributed by atoms with E-state index in [0.717, 1.165) is 10.0 Å². The Balaban J connectivity index is 2.18. The smallest absolute Gasteiger partial charge is 0.175 e. The minimum absolute atomic E-state index is 0.259. The van der Waals surface area contributed by atoms with Crippen LogP contribution in [-0.4, -0.2) is 19.8 Å². The highest BCUT2D eigenvalue weighted by atomic mass is 79.9. The Hall–Kier alpha value is -1.17. The van der Waals surface area contributed by atoms with Crippen molar-refractivity contribution in [3.8, 4) is 0 Å². The topological polar surface area (TPSA) is 54.4 Å². The zero-order valence-corrected chi connectivity index (χ0v) is 13.4. The monoisotopic (exact) mass is 354 g/mol. The maximum Gasteiger partial charge on any atom is 0.175 e. The lowest BCUT2D eigenvalue weighted by molar-refractivity contribution is 0.178. The van der Waals surface area contributed by atoms with Crippen LogP contribution in [0, 0.1) is 0 Å². The molecule has 106 valence electrons. The minimum Gasteiger partial charge on any atom is -0.388 e. The summed E-state index contributed by atoms with van der Waals surface area (Å²) in [5.41, 5.74) is 1.71. The van der Waals surface area contributed by atoms with Crippen molar-refractivity contribution < 1.29 is 13.5 Å². The normalized spacial score (nSPS) is 13.2. The van der Waals surface area contributed by atoms with Crippen LogP contribution >= 0.6 is 15.9 Å². The molecule has 0 spiro atoms. The van der Waals surface area contributed by atoms with Gasteiger partial charge in [0.15, 0.2) is 9.84 Å². The Morgan fingerprint density at radius 1 is 1.10 bits per heavy atom. The fourth-order valence-corrected chi connectivity index (χ4v) is 3.00. The van der Waals surface area contributed by atoms with Gasteiger partial charge in [0.25, 0.3) is 0 Å². The van der Waals surface area contributed by atoms with E-state index in [4.69, 9.17) is 0 Å². The van der Waals surface area contributed by atoms with E-state index in [1.54, 1.807) is 12.1 Å². The van der Waals surface area contributed by atoms with Gasteiger partial charge in [-0.25, -0.2) is 8.42 Å². The van der Waals surface area contributed by atoms with Gasteiger partial charge in [0.2, 0.25) is 0 Å². The fraction of sp³-hybridized carbons (Fsp3) is 0.200. The van der Waals surface area contributed by atoms with Gasteiger partial charge in [-0.05, 0) is 29.3 Å². The molecular weight excluding hydrogens is 340 g/mol. The van der Waals surface area contributed by atoms with E-state index < -0.39 is 15.9 Å². The van der Waals surface area contributed by atoms with E-state index in [2.05, 4.69) is 15.9 Å². The number of benzene rings is 2. The summed E-state index contributed by atoms with van der Waals surface area (Å²) in [6.45, 7) is 0. The average molecular weight is 355 g/mol.